The van der Waals surface area contributed by atoms with Gasteiger partial charge in [0.25, 0.3) is 5.88 Å². The lowest BCUT2D eigenvalue weighted by atomic mass is 9.89. The Morgan fingerprint density at radius 3 is 2.93 bits per heavy atom. The van der Waals surface area contributed by atoms with Crippen molar-refractivity contribution in [2.45, 2.75) is 25.5 Å². The van der Waals surface area contributed by atoms with E-state index in [1.165, 1.54) is 5.56 Å². The first-order valence-electron chi connectivity index (χ1n) is 10.0. The van der Waals surface area contributed by atoms with Crippen molar-refractivity contribution in [2.24, 2.45) is 11.8 Å². The molecule has 0 bridgehead atoms. The minimum Gasteiger partial charge on any atom is -0.484 e. The van der Waals surface area contributed by atoms with E-state index in [9.17, 15) is 4.79 Å². The maximum Gasteiger partial charge on any atom is 0.257 e. The fraction of sp³-hybridized carbons (Fsp3) is 0.455. The van der Waals surface area contributed by atoms with Gasteiger partial charge >= 0.3 is 0 Å². The second-order valence-electron chi connectivity index (χ2n) is 7.99. The highest BCUT2D eigenvalue weighted by atomic mass is 16.6. The van der Waals surface area contributed by atoms with Gasteiger partial charge in [-0.1, -0.05) is 24.3 Å². The minimum absolute atomic E-state index is 0.153. The van der Waals surface area contributed by atoms with Gasteiger partial charge in [-0.2, -0.15) is 0 Å². The van der Waals surface area contributed by atoms with Crippen LogP contribution < -0.4 is 14.8 Å². The predicted octanol–water partition coefficient (Wildman–Crippen LogP) is 2.20. The molecule has 6 heteroatoms. The molecule has 146 valence electrons. The van der Waals surface area contributed by atoms with E-state index in [-0.39, 0.29) is 18.1 Å². The number of likely N-dealkylation sites (tertiary alicyclic amines) is 1. The maximum atomic E-state index is 12.1. The third-order valence-electron chi connectivity index (χ3n) is 6.30. The molecule has 0 saturated carbocycles. The van der Waals surface area contributed by atoms with Crippen LogP contribution in [0.4, 0.5) is 0 Å². The van der Waals surface area contributed by atoms with Crippen molar-refractivity contribution in [1.82, 2.24) is 15.2 Å². The van der Waals surface area contributed by atoms with E-state index in [0.717, 1.165) is 31.6 Å². The molecule has 3 aliphatic heterocycles. The number of fused-ring (bicyclic) bond motifs is 2. The molecular weight excluding hydrogens is 354 g/mol. The van der Waals surface area contributed by atoms with E-state index < -0.39 is 0 Å². The zero-order valence-electron chi connectivity index (χ0n) is 16.0. The lowest BCUT2D eigenvalue weighted by Crippen LogP contribution is -2.40. The molecule has 5 rings (SSSR count). The summed E-state index contributed by atoms with van der Waals surface area (Å²) >= 11 is 0. The Morgan fingerprint density at radius 1 is 1.25 bits per heavy atom. The molecule has 1 aromatic carbocycles. The summed E-state index contributed by atoms with van der Waals surface area (Å²) < 4.78 is 11.8. The number of benzene rings is 1. The van der Waals surface area contributed by atoms with Crippen LogP contribution in [0.2, 0.25) is 0 Å². The highest BCUT2D eigenvalue weighted by Gasteiger charge is 2.44. The van der Waals surface area contributed by atoms with Crippen molar-refractivity contribution < 1.29 is 14.3 Å². The molecule has 28 heavy (non-hydrogen) atoms. The van der Waals surface area contributed by atoms with Crippen LogP contribution in [0.3, 0.4) is 0 Å². The summed E-state index contributed by atoms with van der Waals surface area (Å²) in [7, 11) is 0. The summed E-state index contributed by atoms with van der Waals surface area (Å²) in [5, 5.41) is 3.49. The molecule has 3 unspecified atom stereocenters. The number of hydrogen-bond acceptors (Lipinski definition) is 5. The van der Waals surface area contributed by atoms with Gasteiger partial charge in [0.15, 0.2) is 11.9 Å². The summed E-state index contributed by atoms with van der Waals surface area (Å²) in [5.41, 5.74) is 2.33. The molecule has 0 radical (unpaired) electrons. The van der Waals surface area contributed by atoms with Crippen LogP contribution >= 0.6 is 0 Å². The average molecular weight is 379 g/mol. The second-order valence-corrected chi connectivity index (χ2v) is 7.99. The number of pyridine rings is 1. The molecule has 1 N–H and O–H groups in total. The second kappa shape index (κ2) is 7.09. The van der Waals surface area contributed by atoms with Crippen molar-refractivity contribution in [3.63, 3.8) is 0 Å². The van der Waals surface area contributed by atoms with E-state index in [0.29, 0.717) is 30.1 Å². The third kappa shape index (κ3) is 3.11. The zero-order valence-corrected chi connectivity index (χ0v) is 16.0. The van der Waals surface area contributed by atoms with Crippen molar-refractivity contribution in [3.05, 3.63) is 53.7 Å². The molecule has 4 atom stereocenters. The van der Waals surface area contributed by atoms with Crippen LogP contribution in [-0.2, 0) is 11.2 Å². The third-order valence-corrected chi connectivity index (χ3v) is 6.30. The van der Waals surface area contributed by atoms with Crippen LogP contribution in [-0.4, -0.2) is 48.1 Å². The monoisotopic (exact) mass is 379 g/mol. The summed E-state index contributed by atoms with van der Waals surface area (Å²) in [6.07, 6.45) is 2.45. The standard InChI is InChI=1S/C22H25N3O3/c1-14(26)25-12-17-10-23-11-18(17)19(25)9-15-4-6-16(7-5-15)21-13-27-20-3-2-8-24-22(20)28-21/h2-8,17-19,21,23H,9-13H2,1H3/t17?,18?,19?,21-/m1/s1. The molecule has 1 aromatic heterocycles. The van der Waals surface area contributed by atoms with Gasteiger partial charge in [-0.15, -0.1) is 0 Å². The molecule has 4 heterocycles. The number of nitrogens with zero attached hydrogens (tertiary/aromatic N) is 2. The average Bonchev–Trinajstić information content (AvgIpc) is 3.31. The van der Waals surface area contributed by atoms with Crippen molar-refractivity contribution in [2.75, 3.05) is 26.2 Å². The van der Waals surface area contributed by atoms with Crippen LogP contribution in [0.5, 0.6) is 11.6 Å². The highest BCUT2D eigenvalue weighted by molar-refractivity contribution is 5.74. The van der Waals surface area contributed by atoms with Gasteiger partial charge < -0.3 is 19.7 Å². The lowest BCUT2D eigenvalue weighted by Gasteiger charge is -2.28. The first kappa shape index (κ1) is 17.5. The number of carbonyl (C=O) groups is 1. The SMILES string of the molecule is CC(=O)N1CC2CNCC2C1Cc1ccc([C@H]2COc3cccnc3O2)cc1. The zero-order chi connectivity index (χ0) is 19.1. The van der Waals surface area contributed by atoms with Crippen LogP contribution in [0.1, 0.15) is 24.2 Å². The Labute approximate surface area is 164 Å². The Bertz CT molecular complexity index is 870. The summed E-state index contributed by atoms with van der Waals surface area (Å²) in [5.74, 6) is 2.58. The number of hydrogen-bond donors (Lipinski definition) is 1. The number of nitrogens with one attached hydrogen (secondary N) is 1. The normalized spacial score (nSPS) is 28.2. The van der Waals surface area contributed by atoms with Gasteiger partial charge in [-0.25, -0.2) is 4.98 Å². The topological polar surface area (TPSA) is 63.7 Å². The van der Waals surface area contributed by atoms with Gasteiger partial charge in [0.05, 0.1) is 0 Å². The molecular formula is C22H25N3O3. The van der Waals surface area contributed by atoms with E-state index in [1.54, 1.807) is 13.1 Å². The fourth-order valence-electron chi connectivity index (χ4n) is 4.83. The van der Waals surface area contributed by atoms with Gasteiger partial charge in [-0.3, -0.25) is 4.79 Å². The molecule has 2 aromatic rings. The number of amides is 1. The van der Waals surface area contributed by atoms with E-state index in [2.05, 4.69) is 39.5 Å². The van der Waals surface area contributed by atoms with Gasteiger partial charge in [0.2, 0.25) is 5.91 Å². The van der Waals surface area contributed by atoms with E-state index in [4.69, 9.17) is 9.47 Å². The summed E-state index contributed by atoms with van der Waals surface area (Å²) in [6, 6.07) is 12.5. The van der Waals surface area contributed by atoms with Crippen molar-refractivity contribution >= 4 is 5.91 Å². The number of carbonyl (C=O) groups excluding carboxylic acids is 1. The number of aromatic nitrogens is 1. The molecule has 2 saturated heterocycles. The van der Waals surface area contributed by atoms with Gasteiger partial charge in [0.1, 0.15) is 6.61 Å². The fourth-order valence-corrected chi connectivity index (χ4v) is 4.83. The molecule has 0 aliphatic carbocycles. The lowest BCUT2D eigenvalue weighted by molar-refractivity contribution is -0.130. The quantitative estimate of drug-likeness (QED) is 0.886. The van der Waals surface area contributed by atoms with Crippen LogP contribution in [0.25, 0.3) is 0 Å². The largest absolute Gasteiger partial charge is 0.484 e. The van der Waals surface area contributed by atoms with E-state index in [1.807, 2.05) is 12.1 Å². The highest BCUT2D eigenvalue weighted by Crippen LogP contribution is 2.36. The summed E-state index contributed by atoms with van der Waals surface area (Å²) in [4.78, 5) is 18.4. The molecule has 0 spiro atoms. The predicted molar refractivity (Wildman–Crippen MR) is 104 cm³/mol. The van der Waals surface area contributed by atoms with Crippen LogP contribution in [0.15, 0.2) is 42.6 Å². The van der Waals surface area contributed by atoms with Crippen molar-refractivity contribution in [1.29, 1.82) is 0 Å². The van der Waals surface area contributed by atoms with Crippen molar-refractivity contribution in [3.8, 4) is 11.6 Å². The van der Waals surface area contributed by atoms with Crippen LogP contribution in [0, 0.1) is 11.8 Å². The first-order chi connectivity index (χ1) is 13.7. The number of rotatable bonds is 3. The summed E-state index contributed by atoms with van der Waals surface area (Å²) in [6.45, 7) is 5.09. The van der Waals surface area contributed by atoms with Gasteiger partial charge in [-0.05, 0) is 41.5 Å². The smallest absolute Gasteiger partial charge is 0.257 e. The molecule has 2 fully saturated rings. The Kier molecular flexibility index (Phi) is 4.43. The minimum atomic E-state index is -0.153. The molecule has 1 amide bonds. The molecule has 3 aliphatic rings. The molecule has 6 nitrogen and oxygen atoms in total. The maximum absolute atomic E-state index is 12.1. The van der Waals surface area contributed by atoms with E-state index >= 15 is 0 Å². The number of ether oxygens (including phenoxy) is 2. The van der Waals surface area contributed by atoms with Gasteiger partial charge in [0, 0.05) is 38.8 Å². The first-order valence-corrected chi connectivity index (χ1v) is 10.0. The Morgan fingerprint density at radius 2 is 2.11 bits per heavy atom. The Hall–Kier alpha value is -2.60. The Balaban J connectivity index is 1.30.